The van der Waals surface area contributed by atoms with E-state index in [1.165, 1.54) is 18.2 Å². The van der Waals surface area contributed by atoms with Crippen molar-refractivity contribution in [1.29, 1.82) is 0 Å². The molecule has 3 aromatic rings. The van der Waals surface area contributed by atoms with Crippen LogP contribution in [0.15, 0.2) is 72.9 Å². The molecule has 7 heteroatoms. The molecule has 0 aliphatic rings. The number of non-ortho nitro benzene ring substituents is 1. The lowest BCUT2D eigenvalue weighted by Gasteiger charge is -2.19. The van der Waals surface area contributed by atoms with Crippen molar-refractivity contribution in [2.45, 2.75) is 13.0 Å². The van der Waals surface area contributed by atoms with Gasteiger partial charge in [-0.05, 0) is 30.7 Å². The van der Waals surface area contributed by atoms with Crippen LogP contribution in [-0.4, -0.2) is 22.4 Å². The van der Waals surface area contributed by atoms with E-state index < -0.39 is 11.0 Å². The second-order valence-corrected chi connectivity index (χ2v) is 6.21. The summed E-state index contributed by atoms with van der Waals surface area (Å²) in [6.07, 6.45) is 1.67. The average Bonchev–Trinajstić information content (AvgIpc) is 2.72. The Morgan fingerprint density at radius 3 is 2.61 bits per heavy atom. The molecule has 7 nitrogen and oxygen atoms in total. The molecule has 0 fully saturated rings. The summed E-state index contributed by atoms with van der Waals surface area (Å²) < 4.78 is 5.41. The normalized spacial score (nSPS) is 11.5. The molecule has 0 bridgehead atoms. The van der Waals surface area contributed by atoms with E-state index >= 15 is 0 Å². The highest BCUT2D eigenvalue weighted by Crippen LogP contribution is 2.21. The molecule has 0 saturated heterocycles. The van der Waals surface area contributed by atoms with E-state index in [0.29, 0.717) is 5.69 Å². The van der Waals surface area contributed by atoms with E-state index in [9.17, 15) is 14.9 Å². The maximum atomic E-state index is 12.5. The number of aromatic nitrogens is 1. The molecular weight excluding hydrogens is 358 g/mol. The van der Waals surface area contributed by atoms with E-state index in [2.05, 4.69) is 10.3 Å². The lowest BCUT2D eigenvalue weighted by molar-refractivity contribution is -0.384. The maximum Gasteiger partial charge on any atom is 0.273 e. The molecule has 1 atom stereocenters. The van der Waals surface area contributed by atoms with Gasteiger partial charge in [0.1, 0.15) is 5.75 Å². The van der Waals surface area contributed by atoms with Gasteiger partial charge in [0, 0.05) is 12.3 Å². The summed E-state index contributed by atoms with van der Waals surface area (Å²) in [4.78, 5) is 27.1. The first-order valence-corrected chi connectivity index (χ1v) is 8.67. The first kappa shape index (κ1) is 19.0. The minimum absolute atomic E-state index is 0.0936. The summed E-state index contributed by atoms with van der Waals surface area (Å²) in [5.41, 5.74) is 2.62. The largest absolute Gasteiger partial charge is 0.484 e. The first-order valence-electron chi connectivity index (χ1n) is 8.67. The fraction of sp³-hybridized carbons (Fsp3) is 0.143. The molecule has 1 heterocycles. The lowest BCUT2D eigenvalue weighted by atomic mass is 10.0. The van der Waals surface area contributed by atoms with Crippen molar-refractivity contribution in [3.05, 3.63) is 99.9 Å². The Morgan fingerprint density at radius 2 is 1.93 bits per heavy atom. The van der Waals surface area contributed by atoms with Gasteiger partial charge in [-0.25, -0.2) is 0 Å². The molecule has 1 amide bonds. The second kappa shape index (κ2) is 8.77. The highest BCUT2D eigenvalue weighted by Gasteiger charge is 2.18. The van der Waals surface area contributed by atoms with Gasteiger partial charge in [-0.1, -0.05) is 42.0 Å². The highest BCUT2D eigenvalue weighted by molar-refractivity contribution is 5.78. The van der Waals surface area contributed by atoms with Crippen LogP contribution in [0, 0.1) is 17.0 Å². The molecule has 1 aromatic heterocycles. The zero-order chi connectivity index (χ0) is 19.9. The fourth-order valence-electron chi connectivity index (χ4n) is 2.67. The van der Waals surface area contributed by atoms with Gasteiger partial charge in [0.15, 0.2) is 6.61 Å². The van der Waals surface area contributed by atoms with Gasteiger partial charge in [-0.3, -0.25) is 19.9 Å². The number of carbonyl (C=O) groups is 1. The Morgan fingerprint density at radius 1 is 1.14 bits per heavy atom. The van der Waals surface area contributed by atoms with Crippen molar-refractivity contribution in [1.82, 2.24) is 10.3 Å². The first-order chi connectivity index (χ1) is 13.5. The monoisotopic (exact) mass is 377 g/mol. The van der Waals surface area contributed by atoms with Gasteiger partial charge in [-0.15, -0.1) is 0 Å². The number of nitrogens with zero attached hydrogens (tertiary/aromatic N) is 2. The fourth-order valence-corrected chi connectivity index (χ4v) is 2.67. The molecule has 0 aliphatic heterocycles. The van der Waals surface area contributed by atoms with Gasteiger partial charge in [-0.2, -0.15) is 0 Å². The Hall–Kier alpha value is -3.74. The number of hydrogen-bond acceptors (Lipinski definition) is 5. The smallest absolute Gasteiger partial charge is 0.273 e. The summed E-state index contributed by atoms with van der Waals surface area (Å²) >= 11 is 0. The minimum Gasteiger partial charge on any atom is -0.484 e. The number of pyridine rings is 1. The highest BCUT2D eigenvalue weighted by atomic mass is 16.6. The predicted octanol–water partition coefficient (Wildman–Crippen LogP) is 3.58. The third-order valence-corrected chi connectivity index (χ3v) is 4.10. The SMILES string of the molecule is Cc1ccc([C@H](NC(=O)COc2cccc([N+](=O)[O-])c2)c2ccccn2)cc1. The molecule has 0 radical (unpaired) electrons. The van der Waals surface area contributed by atoms with Crippen molar-refractivity contribution >= 4 is 11.6 Å². The third-order valence-electron chi connectivity index (χ3n) is 4.10. The van der Waals surface area contributed by atoms with E-state index in [-0.39, 0.29) is 24.0 Å². The Balaban J connectivity index is 1.72. The molecule has 3 rings (SSSR count). The number of nitro benzene ring substituents is 1. The number of ether oxygens (including phenoxy) is 1. The summed E-state index contributed by atoms with van der Waals surface area (Å²) in [6.45, 7) is 1.72. The van der Waals surface area contributed by atoms with E-state index in [1.54, 1.807) is 12.3 Å². The van der Waals surface area contributed by atoms with Crippen LogP contribution in [0.25, 0.3) is 0 Å². The van der Waals surface area contributed by atoms with Gasteiger partial charge in [0.2, 0.25) is 0 Å². The van der Waals surface area contributed by atoms with Crippen LogP contribution in [0.3, 0.4) is 0 Å². The van der Waals surface area contributed by atoms with Gasteiger partial charge in [0.05, 0.1) is 22.7 Å². The number of nitrogens with one attached hydrogen (secondary N) is 1. The third kappa shape index (κ3) is 4.91. The number of amides is 1. The molecule has 142 valence electrons. The number of aryl methyl sites for hydroxylation is 1. The Bertz CT molecular complexity index is 959. The standard InChI is InChI=1S/C21H19N3O4/c1-15-8-10-16(11-9-15)21(19-7-2-3-12-22-19)23-20(25)14-28-18-6-4-5-17(13-18)24(26)27/h2-13,21H,14H2,1H3,(H,23,25)/t21-/m0/s1. The van der Waals surface area contributed by atoms with Crippen molar-refractivity contribution in [2.75, 3.05) is 6.61 Å². The molecule has 28 heavy (non-hydrogen) atoms. The predicted molar refractivity (Wildman–Crippen MR) is 104 cm³/mol. The Labute approximate surface area is 162 Å². The molecule has 0 unspecified atom stereocenters. The van der Waals surface area contributed by atoms with Crippen LogP contribution >= 0.6 is 0 Å². The molecule has 0 aliphatic carbocycles. The average molecular weight is 377 g/mol. The summed E-state index contributed by atoms with van der Waals surface area (Å²) in [5.74, 6) is -0.100. The van der Waals surface area contributed by atoms with Crippen LogP contribution < -0.4 is 10.1 Å². The van der Waals surface area contributed by atoms with E-state index in [1.807, 2.05) is 49.4 Å². The number of hydrogen-bond donors (Lipinski definition) is 1. The topological polar surface area (TPSA) is 94.4 Å². The zero-order valence-corrected chi connectivity index (χ0v) is 15.2. The van der Waals surface area contributed by atoms with Crippen molar-refractivity contribution in [3.8, 4) is 5.75 Å². The number of rotatable bonds is 7. The van der Waals surface area contributed by atoms with Crippen molar-refractivity contribution < 1.29 is 14.5 Å². The van der Waals surface area contributed by atoms with Crippen LogP contribution in [-0.2, 0) is 4.79 Å². The zero-order valence-electron chi connectivity index (χ0n) is 15.2. The van der Waals surface area contributed by atoms with Gasteiger partial charge >= 0.3 is 0 Å². The van der Waals surface area contributed by atoms with Crippen molar-refractivity contribution in [2.24, 2.45) is 0 Å². The molecule has 0 spiro atoms. The molecular formula is C21H19N3O4. The van der Waals surface area contributed by atoms with Crippen molar-refractivity contribution in [3.63, 3.8) is 0 Å². The summed E-state index contributed by atoms with van der Waals surface area (Å²) in [7, 11) is 0. The summed E-state index contributed by atoms with van der Waals surface area (Å²) in [6, 6.07) is 18.6. The molecule has 2 aromatic carbocycles. The van der Waals surface area contributed by atoms with Gasteiger partial charge in [0.25, 0.3) is 11.6 Å². The number of benzene rings is 2. The quantitative estimate of drug-likeness (QED) is 0.502. The number of carbonyl (C=O) groups excluding carboxylic acids is 1. The Kier molecular flexibility index (Phi) is 5.96. The van der Waals surface area contributed by atoms with Gasteiger partial charge < -0.3 is 10.1 Å². The molecule has 0 saturated carbocycles. The van der Waals surface area contributed by atoms with Crippen LogP contribution in [0.5, 0.6) is 5.75 Å². The van der Waals surface area contributed by atoms with E-state index in [0.717, 1.165) is 11.1 Å². The molecule has 1 N–H and O–H groups in total. The van der Waals surface area contributed by atoms with Crippen LogP contribution in [0.4, 0.5) is 5.69 Å². The lowest BCUT2D eigenvalue weighted by Crippen LogP contribution is -2.33. The summed E-state index contributed by atoms with van der Waals surface area (Å²) in [5, 5.41) is 13.8. The van der Waals surface area contributed by atoms with E-state index in [4.69, 9.17) is 4.74 Å². The number of nitro groups is 1. The van der Waals surface area contributed by atoms with Crippen LogP contribution in [0.1, 0.15) is 22.9 Å². The minimum atomic E-state index is -0.512. The second-order valence-electron chi connectivity index (χ2n) is 6.21. The van der Waals surface area contributed by atoms with Crippen LogP contribution in [0.2, 0.25) is 0 Å². The maximum absolute atomic E-state index is 12.5.